The Morgan fingerprint density at radius 2 is 2.21 bits per heavy atom. The number of rotatable bonds is 5. The molecule has 1 aromatic heterocycles. The average molecular weight is 359 g/mol. The smallest absolute Gasteiger partial charge is 0.290 e. The van der Waals surface area contributed by atoms with Gasteiger partial charge < -0.3 is 9.84 Å². The second-order valence-electron chi connectivity index (χ2n) is 6.20. The number of hydrogen-bond acceptors (Lipinski definition) is 5. The van der Waals surface area contributed by atoms with Gasteiger partial charge >= 0.3 is 0 Å². The van der Waals surface area contributed by atoms with E-state index in [2.05, 4.69) is 21.8 Å². The maximum atomic E-state index is 8.36. The van der Waals surface area contributed by atoms with Crippen LogP contribution >= 0.6 is 11.6 Å². The van der Waals surface area contributed by atoms with Gasteiger partial charge in [-0.1, -0.05) is 24.9 Å². The SMILES string of the molecule is CCC[C@H]1COC[C@H]2CN(CCn3cc(Cl)cn3)CCN12.O=CO. The predicted molar refractivity (Wildman–Crippen MR) is 92.4 cm³/mol. The molecule has 0 spiro atoms. The Morgan fingerprint density at radius 3 is 2.88 bits per heavy atom. The van der Waals surface area contributed by atoms with Crippen molar-refractivity contribution in [3.8, 4) is 0 Å². The van der Waals surface area contributed by atoms with E-state index in [-0.39, 0.29) is 6.47 Å². The van der Waals surface area contributed by atoms with E-state index in [1.807, 2.05) is 10.9 Å². The fourth-order valence-electron chi connectivity index (χ4n) is 3.49. The van der Waals surface area contributed by atoms with Gasteiger partial charge in [0.25, 0.3) is 6.47 Å². The minimum absolute atomic E-state index is 0.250. The van der Waals surface area contributed by atoms with E-state index in [1.54, 1.807) is 6.20 Å². The van der Waals surface area contributed by atoms with Gasteiger partial charge in [-0.25, -0.2) is 0 Å². The maximum absolute atomic E-state index is 8.36. The number of halogens is 1. The molecular weight excluding hydrogens is 332 g/mol. The van der Waals surface area contributed by atoms with Gasteiger partial charge in [0.05, 0.1) is 31.0 Å². The van der Waals surface area contributed by atoms with E-state index in [0.717, 1.165) is 39.4 Å². The molecule has 7 nitrogen and oxygen atoms in total. The first-order chi connectivity index (χ1) is 11.7. The van der Waals surface area contributed by atoms with Crippen molar-refractivity contribution in [2.45, 2.75) is 38.4 Å². The van der Waals surface area contributed by atoms with Gasteiger partial charge in [0.1, 0.15) is 0 Å². The highest BCUT2D eigenvalue weighted by Crippen LogP contribution is 2.21. The lowest BCUT2D eigenvalue weighted by atomic mass is 10.0. The topological polar surface area (TPSA) is 70.8 Å². The zero-order chi connectivity index (χ0) is 17.4. The van der Waals surface area contributed by atoms with Crippen molar-refractivity contribution < 1.29 is 14.6 Å². The molecule has 2 aliphatic rings. The van der Waals surface area contributed by atoms with Gasteiger partial charge in [0, 0.05) is 44.5 Å². The van der Waals surface area contributed by atoms with Crippen LogP contribution in [0.3, 0.4) is 0 Å². The summed E-state index contributed by atoms with van der Waals surface area (Å²) in [5.41, 5.74) is 0. The van der Waals surface area contributed by atoms with Crippen LogP contribution in [0, 0.1) is 0 Å². The van der Waals surface area contributed by atoms with Gasteiger partial charge in [0.15, 0.2) is 0 Å². The van der Waals surface area contributed by atoms with Crippen molar-refractivity contribution in [2.24, 2.45) is 0 Å². The Labute approximate surface area is 148 Å². The van der Waals surface area contributed by atoms with Crippen molar-refractivity contribution in [3.63, 3.8) is 0 Å². The third-order valence-electron chi connectivity index (χ3n) is 4.57. The van der Waals surface area contributed by atoms with Crippen LogP contribution in [0.25, 0.3) is 0 Å². The molecule has 0 saturated carbocycles. The summed E-state index contributed by atoms with van der Waals surface area (Å²) in [6, 6.07) is 1.19. The number of fused-ring (bicyclic) bond motifs is 1. The van der Waals surface area contributed by atoms with E-state index in [1.165, 1.54) is 19.4 Å². The van der Waals surface area contributed by atoms with Gasteiger partial charge in [-0.2, -0.15) is 5.10 Å². The second-order valence-corrected chi connectivity index (χ2v) is 6.64. The number of carbonyl (C=O) groups is 1. The van der Waals surface area contributed by atoms with Crippen LogP contribution in [0.4, 0.5) is 0 Å². The number of nitrogens with zero attached hydrogens (tertiary/aromatic N) is 4. The molecule has 1 N–H and O–H groups in total. The van der Waals surface area contributed by atoms with Crippen LogP contribution in [-0.4, -0.2) is 82.6 Å². The molecule has 0 aliphatic carbocycles. The van der Waals surface area contributed by atoms with Crippen LogP contribution < -0.4 is 0 Å². The monoisotopic (exact) mass is 358 g/mol. The number of hydrogen-bond donors (Lipinski definition) is 1. The average Bonchev–Trinajstić information content (AvgIpc) is 2.99. The van der Waals surface area contributed by atoms with Crippen LogP contribution in [0.15, 0.2) is 12.4 Å². The molecule has 3 heterocycles. The minimum atomic E-state index is -0.250. The zero-order valence-electron chi connectivity index (χ0n) is 14.2. The number of ether oxygens (including phenoxy) is 1. The number of piperazine rings is 1. The Hall–Kier alpha value is -1.15. The van der Waals surface area contributed by atoms with Gasteiger partial charge in [-0.3, -0.25) is 19.3 Å². The minimum Gasteiger partial charge on any atom is -0.483 e. The lowest BCUT2D eigenvalue weighted by Gasteiger charge is -2.48. The molecule has 24 heavy (non-hydrogen) atoms. The summed E-state index contributed by atoms with van der Waals surface area (Å²) in [6.45, 7) is 9.15. The lowest BCUT2D eigenvalue weighted by molar-refractivity contribution is -0.122. The maximum Gasteiger partial charge on any atom is 0.290 e. The Kier molecular flexibility index (Phi) is 7.98. The quantitative estimate of drug-likeness (QED) is 0.803. The second kappa shape index (κ2) is 9.98. The fourth-order valence-corrected chi connectivity index (χ4v) is 3.64. The Bertz CT molecular complexity index is 497. The van der Waals surface area contributed by atoms with Crippen LogP contribution in [-0.2, 0) is 16.1 Å². The Balaban J connectivity index is 0.000000647. The molecule has 2 aliphatic heterocycles. The van der Waals surface area contributed by atoms with Gasteiger partial charge in [0.2, 0.25) is 0 Å². The van der Waals surface area contributed by atoms with E-state index in [0.29, 0.717) is 17.1 Å². The van der Waals surface area contributed by atoms with Crippen LogP contribution in [0.5, 0.6) is 0 Å². The standard InChI is InChI=1S/C15H25ClN4O.CH2O2/c1-2-3-14-11-21-12-15-10-18(5-7-20(14)15)4-6-19-9-13(16)8-17-19;2-1-3/h8-9,14-15H,2-7,10-12H2,1H3;1H,(H,2,3)/t14-,15+;/m0./s1. The van der Waals surface area contributed by atoms with E-state index in [4.69, 9.17) is 26.2 Å². The fraction of sp³-hybridized carbons (Fsp3) is 0.750. The third-order valence-corrected chi connectivity index (χ3v) is 4.77. The largest absolute Gasteiger partial charge is 0.483 e. The van der Waals surface area contributed by atoms with E-state index < -0.39 is 0 Å². The summed E-state index contributed by atoms with van der Waals surface area (Å²) in [6.07, 6.45) is 6.08. The molecule has 2 saturated heterocycles. The summed E-state index contributed by atoms with van der Waals surface area (Å²) in [7, 11) is 0. The highest BCUT2D eigenvalue weighted by atomic mass is 35.5. The highest BCUT2D eigenvalue weighted by Gasteiger charge is 2.34. The predicted octanol–water partition coefficient (Wildman–Crippen LogP) is 1.42. The van der Waals surface area contributed by atoms with E-state index in [9.17, 15) is 0 Å². The molecule has 1 aromatic rings. The molecule has 0 aromatic carbocycles. The van der Waals surface area contributed by atoms with Gasteiger partial charge in [-0.15, -0.1) is 0 Å². The summed E-state index contributed by atoms with van der Waals surface area (Å²) in [5, 5.41) is 11.8. The summed E-state index contributed by atoms with van der Waals surface area (Å²) in [5.74, 6) is 0. The van der Waals surface area contributed by atoms with Crippen LogP contribution in [0.2, 0.25) is 5.02 Å². The van der Waals surface area contributed by atoms with Crippen molar-refractivity contribution in [1.82, 2.24) is 19.6 Å². The molecule has 3 rings (SSSR count). The van der Waals surface area contributed by atoms with E-state index >= 15 is 0 Å². The van der Waals surface area contributed by atoms with Crippen LogP contribution in [0.1, 0.15) is 19.8 Å². The summed E-state index contributed by atoms with van der Waals surface area (Å²) < 4.78 is 7.74. The third kappa shape index (κ3) is 5.44. The van der Waals surface area contributed by atoms with Crippen molar-refractivity contribution in [3.05, 3.63) is 17.4 Å². The molecule has 0 bridgehead atoms. The molecule has 0 amide bonds. The molecule has 2 fully saturated rings. The van der Waals surface area contributed by atoms with Gasteiger partial charge in [-0.05, 0) is 6.42 Å². The molecule has 8 heteroatoms. The molecule has 0 radical (unpaired) electrons. The lowest BCUT2D eigenvalue weighted by Crippen LogP contribution is -2.62. The molecule has 0 unspecified atom stereocenters. The summed E-state index contributed by atoms with van der Waals surface area (Å²) in [4.78, 5) is 13.6. The van der Waals surface area contributed by atoms with Crippen molar-refractivity contribution in [2.75, 3.05) is 39.4 Å². The first kappa shape index (κ1) is 19.2. The molecule has 2 atom stereocenters. The first-order valence-electron chi connectivity index (χ1n) is 8.49. The zero-order valence-corrected chi connectivity index (χ0v) is 14.9. The number of aromatic nitrogens is 2. The molecular formula is C16H27ClN4O3. The molecule has 136 valence electrons. The summed E-state index contributed by atoms with van der Waals surface area (Å²) >= 11 is 5.90. The van der Waals surface area contributed by atoms with Crippen molar-refractivity contribution >= 4 is 18.1 Å². The normalized spacial score (nSPS) is 24.8. The first-order valence-corrected chi connectivity index (χ1v) is 8.87. The van der Waals surface area contributed by atoms with Crippen molar-refractivity contribution in [1.29, 1.82) is 0 Å². The highest BCUT2D eigenvalue weighted by molar-refractivity contribution is 6.30. The number of carboxylic acid groups (broad SMARTS) is 1. The Morgan fingerprint density at radius 1 is 1.42 bits per heavy atom. The number of morpholine rings is 1.